The van der Waals surface area contributed by atoms with Gasteiger partial charge in [-0.25, -0.2) is 14.3 Å². The zero-order valence-corrected chi connectivity index (χ0v) is 51.9. The minimum absolute atomic E-state index is 0.0949. The molecule has 4 N–H and O–H groups in total. The zero-order valence-electron chi connectivity index (χ0n) is 50.4. The predicted molar refractivity (Wildman–Crippen MR) is 342 cm³/mol. The molecule has 0 spiro atoms. The fourth-order valence-electron chi connectivity index (χ4n) is 9.07. The Bertz CT molecular complexity index is 3720. The molecule has 2 aromatic heterocycles. The standard InChI is InChI=1S/C35H31N5O4S.C25H38ClNO5.C7H7N3/c1-22-8-4-7-11-30(22)36-34(42)29-19-32(27-9-5-6-10-28(27)33(29)41)44-31-17-14-25(18-23(31)2)21-45-35-37-38-39-40(35)20-24-12-15-26(43-3)16-13-24;1-4-6-7-8-9-10-11-12-13-14-17-31-24(29)19(3)32-25(30)20-15-16-21(26)22(18-20)27-23(28)5-2;1-5-2-3-6-7(4-5)9-10-8-6/h4-19,41H,20-21H2,1-3H3,(H,36,42);15-16,18-19H,4-14,17H2,1-3H3,(H,27,28);2-4H,1H3,(H,8,9,10). The summed E-state index contributed by atoms with van der Waals surface area (Å²) in [5.74, 6) is 0.598. The van der Waals surface area contributed by atoms with E-state index in [1.807, 2.05) is 118 Å². The van der Waals surface area contributed by atoms with Crippen LogP contribution in [-0.2, 0) is 31.4 Å². The molecule has 7 aromatic carbocycles. The number of carbonyl (C=O) groups is 4. The number of H-pyrrole nitrogens is 1. The van der Waals surface area contributed by atoms with E-state index in [4.69, 9.17) is 30.5 Å². The van der Waals surface area contributed by atoms with Gasteiger partial charge in [0.1, 0.15) is 34.0 Å². The summed E-state index contributed by atoms with van der Waals surface area (Å²) in [6.45, 7) is 12.2. The van der Waals surface area contributed by atoms with E-state index < -0.39 is 23.9 Å². The van der Waals surface area contributed by atoms with E-state index in [0.29, 0.717) is 57.6 Å². The maximum atomic E-state index is 13.3. The average Bonchev–Trinajstić information content (AvgIpc) is 3.70. The highest BCUT2D eigenvalue weighted by atomic mass is 35.5. The number of thioether (sulfide) groups is 1. The summed E-state index contributed by atoms with van der Waals surface area (Å²) in [6, 6.07) is 40.6. The summed E-state index contributed by atoms with van der Waals surface area (Å²) in [5.41, 5.74) is 8.38. The lowest BCUT2D eigenvalue weighted by molar-refractivity contribution is -0.153. The molecule has 456 valence electrons. The van der Waals surface area contributed by atoms with Crippen molar-refractivity contribution < 1.29 is 43.2 Å². The van der Waals surface area contributed by atoms with Gasteiger partial charge in [0, 0.05) is 28.6 Å². The number of benzene rings is 7. The van der Waals surface area contributed by atoms with Crippen LogP contribution in [0, 0.1) is 20.8 Å². The molecule has 0 aliphatic rings. The van der Waals surface area contributed by atoms with E-state index in [2.05, 4.69) is 54.6 Å². The lowest BCUT2D eigenvalue weighted by Gasteiger charge is -2.16. The Morgan fingerprint density at radius 2 is 1.39 bits per heavy atom. The van der Waals surface area contributed by atoms with Crippen molar-refractivity contribution in [2.75, 3.05) is 24.4 Å². The van der Waals surface area contributed by atoms with Crippen molar-refractivity contribution in [3.8, 4) is 23.0 Å². The minimum atomic E-state index is -1.02. The number of aryl methyl sites for hydroxylation is 3. The number of halogens is 1. The Kier molecular flexibility index (Phi) is 25.5. The number of methoxy groups -OCH3 is 1. The van der Waals surface area contributed by atoms with Crippen molar-refractivity contribution in [3.05, 3.63) is 177 Å². The van der Waals surface area contributed by atoms with Gasteiger partial charge in [-0.3, -0.25) is 9.59 Å². The van der Waals surface area contributed by atoms with E-state index in [0.717, 1.165) is 63.5 Å². The highest BCUT2D eigenvalue weighted by Crippen LogP contribution is 2.40. The first-order valence-electron chi connectivity index (χ1n) is 29.3. The van der Waals surface area contributed by atoms with Gasteiger partial charge in [0.25, 0.3) is 5.91 Å². The summed E-state index contributed by atoms with van der Waals surface area (Å²) < 4.78 is 23.9. The number of hydrogen-bond donors (Lipinski definition) is 4. The molecule has 0 fully saturated rings. The molecule has 0 radical (unpaired) electrons. The molecule has 0 aliphatic heterocycles. The Hall–Kier alpha value is -8.81. The maximum absolute atomic E-state index is 13.3. The van der Waals surface area contributed by atoms with E-state index in [-0.39, 0.29) is 29.2 Å². The van der Waals surface area contributed by atoms with Crippen LogP contribution >= 0.6 is 23.4 Å². The number of anilines is 2. The number of aromatic nitrogens is 7. The SMILES string of the molecule is CCCCCCCCCCCCOC(=O)C(C)OC(=O)c1ccc(Cl)c(NC(=O)CC)c1.COc1ccc(Cn2nnnc2SCc2ccc(Oc3cc(C(=O)Nc4ccccc4C)c(O)c4ccccc34)c(C)c2)cc1.Cc1ccc2n[nH]nc2c1. The second-order valence-electron chi connectivity index (χ2n) is 20.9. The topological polar surface area (TPSA) is 235 Å². The number of nitrogens with zero attached hydrogens (tertiary/aromatic N) is 6. The molecule has 0 saturated carbocycles. The molecule has 18 nitrogen and oxygen atoms in total. The molecule has 1 atom stereocenters. The van der Waals surface area contributed by atoms with Crippen molar-refractivity contribution in [1.29, 1.82) is 0 Å². The fraction of sp³-hybridized carbons (Fsp3) is 0.328. The number of esters is 2. The first-order valence-corrected chi connectivity index (χ1v) is 30.7. The van der Waals surface area contributed by atoms with E-state index in [1.165, 1.54) is 75.6 Å². The summed E-state index contributed by atoms with van der Waals surface area (Å²) in [6.07, 6.45) is 11.3. The van der Waals surface area contributed by atoms with Gasteiger partial charge in [0.2, 0.25) is 11.1 Å². The summed E-state index contributed by atoms with van der Waals surface area (Å²) in [5, 5.41) is 41.5. The van der Waals surface area contributed by atoms with Crippen LogP contribution in [0.5, 0.6) is 23.0 Å². The van der Waals surface area contributed by atoms with Crippen molar-refractivity contribution >= 4 is 80.3 Å². The number of tetrazole rings is 1. The third kappa shape index (κ3) is 19.9. The Morgan fingerprint density at radius 1 is 0.701 bits per heavy atom. The predicted octanol–water partition coefficient (Wildman–Crippen LogP) is 15.5. The molecule has 2 heterocycles. The van der Waals surface area contributed by atoms with Crippen LogP contribution in [0.4, 0.5) is 11.4 Å². The van der Waals surface area contributed by atoms with Crippen LogP contribution in [0.3, 0.4) is 0 Å². The number of amides is 2. The molecule has 0 bridgehead atoms. The number of aromatic amines is 1. The monoisotopic (exact) mass is 1220 g/mol. The van der Waals surface area contributed by atoms with Crippen LogP contribution in [0.15, 0.2) is 139 Å². The van der Waals surface area contributed by atoms with E-state index >= 15 is 0 Å². The van der Waals surface area contributed by atoms with Crippen molar-refractivity contribution in [3.63, 3.8) is 0 Å². The highest BCUT2D eigenvalue weighted by Gasteiger charge is 2.23. The van der Waals surface area contributed by atoms with E-state index in [9.17, 15) is 24.3 Å². The Labute approximate surface area is 517 Å². The van der Waals surface area contributed by atoms with Crippen LogP contribution in [0.1, 0.15) is 140 Å². The Balaban J connectivity index is 0.000000223. The number of phenolic OH excluding ortho intramolecular Hbond substituents is 1. The second-order valence-corrected chi connectivity index (χ2v) is 22.2. The molecule has 87 heavy (non-hydrogen) atoms. The van der Waals surface area contributed by atoms with Gasteiger partial charge in [-0.15, -0.1) is 5.10 Å². The summed E-state index contributed by atoms with van der Waals surface area (Å²) in [4.78, 5) is 49.4. The second kappa shape index (κ2) is 33.8. The van der Waals surface area contributed by atoms with Gasteiger partial charge >= 0.3 is 11.9 Å². The number of phenols is 1. The molecular weight excluding hydrogens is 1140 g/mol. The lowest BCUT2D eigenvalue weighted by Crippen LogP contribution is -2.26. The van der Waals surface area contributed by atoms with Gasteiger partial charge in [0.05, 0.1) is 42.1 Å². The number of hydrogen-bond acceptors (Lipinski definition) is 15. The number of carbonyl (C=O) groups excluding carboxylic acids is 4. The molecule has 9 aromatic rings. The van der Waals surface area contributed by atoms with Gasteiger partial charge in [-0.05, 0) is 133 Å². The lowest BCUT2D eigenvalue weighted by atomic mass is 10.0. The van der Waals surface area contributed by atoms with Crippen molar-refractivity contribution in [1.82, 2.24) is 35.6 Å². The average molecular weight is 1220 g/mol. The molecule has 20 heteroatoms. The first kappa shape index (κ1) is 65.7. The van der Waals surface area contributed by atoms with Gasteiger partial charge in [-0.2, -0.15) is 15.4 Å². The number of fused-ring (bicyclic) bond motifs is 2. The third-order valence-electron chi connectivity index (χ3n) is 14.1. The van der Waals surface area contributed by atoms with Crippen LogP contribution in [0.25, 0.3) is 21.8 Å². The number of aromatic hydroxyl groups is 1. The highest BCUT2D eigenvalue weighted by molar-refractivity contribution is 7.98. The van der Waals surface area contributed by atoms with Crippen LogP contribution in [0.2, 0.25) is 5.02 Å². The number of rotatable bonds is 26. The maximum Gasteiger partial charge on any atom is 0.347 e. The van der Waals surface area contributed by atoms with Crippen LogP contribution < -0.4 is 20.1 Å². The van der Waals surface area contributed by atoms with Gasteiger partial charge in [0.15, 0.2) is 6.10 Å². The number of unbranched alkanes of at least 4 members (excludes halogenated alkanes) is 9. The smallest absolute Gasteiger partial charge is 0.347 e. The Morgan fingerprint density at radius 3 is 2.10 bits per heavy atom. The zero-order chi connectivity index (χ0) is 62.1. The first-order chi connectivity index (χ1) is 42.1. The van der Waals surface area contributed by atoms with Gasteiger partial charge < -0.3 is 34.7 Å². The van der Waals surface area contributed by atoms with Gasteiger partial charge in [-0.1, -0.05) is 168 Å². The molecule has 0 saturated heterocycles. The van der Waals surface area contributed by atoms with Crippen molar-refractivity contribution in [2.24, 2.45) is 0 Å². The largest absolute Gasteiger partial charge is 0.506 e. The molecule has 0 aliphatic carbocycles. The normalized spacial score (nSPS) is 11.2. The molecule has 9 rings (SSSR count). The fourth-order valence-corrected chi connectivity index (χ4v) is 10.0. The third-order valence-corrected chi connectivity index (χ3v) is 15.4. The molecule has 2 amide bonds. The summed E-state index contributed by atoms with van der Waals surface area (Å²) >= 11 is 7.61. The molecule has 1 unspecified atom stereocenters. The number of ether oxygens (including phenoxy) is 4. The quantitative estimate of drug-likeness (QED) is 0.0224. The van der Waals surface area contributed by atoms with Crippen molar-refractivity contribution in [2.45, 2.75) is 136 Å². The number of nitrogens with one attached hydrogen (secondary N) is 3. The molecular formula is C67H76ClN9O9S. The van der Waals surface area contributed by atoms with E-state index in [1.54, 1.807) is 42.6 Å². The minimum Gasteiger partial charge on any atom is -0.506 e. The summed E-state index contributed by atoms with van der Waals surface area (Å²) in [7, 11) is 1.64. The van der Waals surface area contributed by atoms with Crippen LogP contribution in [-0.4, -0.2) is 84.3 Å². The number of para-hydroxylation sites is 1.